The minimum Gasteiger partial charge on any atom is -0.308 e. The van der Waals surface area contributed by atoms with Crippen molar-refractivity contribution in [1.29, 1.82) is 0 Å². The molecular weight excluding hydrogens is 238 g/mol. The van der Waals surface area contributed by atoms with Crippen molar-refractivity contribution in [2.45, 2.75) is 31.8 Å². The highest BCUT2D eigenvalue weighted by Gasteiger charge is 2.28. The molecule has 3 N–H and O–H groups in total. The Balaban J connectivity index is 1.53. The summed E-state index contributed by atoms with van der Waals surface area (Å²) in [5.74, 6) is 6.05. The Morgan fingerprint density at radius 1 is 1.26 bits per heavy atom. The average Bonchev–Trinajstić information content (AvgIpc) is 3.10. The van der Waals surface area contributed by atoms with Crippen LogP contribution in [0.25, 0.3) is 0 Å². The first-order valence-corrected chi connectivity index (χ1v) is 7.23. The molecular formula is C14H23N5. The topological polar surface area (TPSA) is 57.4 Å². The SMILES string of the molecule is NNc1ccc(CN2CCC(N3CCCC3)C2)cn1. The molecule has 1 aromatic rings. The molecule has 5 nitrogen and oxygen atoms in total. The zero-order valence-electron chi connectivity index (χ0n) is 11.4. The molecule has 1 unspecified atom stereocenters. The quantitative estimate of drug-likeness (QED) is 0.626. The van der Waals surface area contributed by atoms with Gasteiger partial charge in [-0.3, -0.25) is 9.80 Å². The van der Waals surface area contributed by atoms with E-state index in [0.717, 1.165) is 18.4 Å². The standard InChI is InChI=1S/C14H23N5/c15-17-14-4-3-12(9-16-14)10-18-8-5-13(11-18)19-6-1-2-7-19/h3-4,9,13H,1-2,5-8,10-11,15H2,(H,16,17). The van der Waals surface area contributed by atoms with Gasteiger partial charge < -0.3 is 5.43 Å². The van der Waals surface area contributed by atoms with E-state index in [9.17, 15) is 0 Å². The van der Waals surface area contributed by atoms with Gasteiger partial charge in [0.25, 0.3) is 0 Å². The van der Waals surface area contributed by atoms with E-state index in [2.05, 4.69) is 26.3 Å². The van der Waals surface area contributed by atoms with Crippen LogP contribution in [0.15, 0.2) is 18.3 Å². The number of anilines is 1. The zero-order valence-corrected chi connectivity index (χ0v) is 11.4. The summed E-state index contributed by atoms with van der Waals surface area (Å²) in [6.07, 6.45) is 6.00. The molecule has 5 heteroatoms. The van der Waals surface area contributed by atoms with Crippen LogP contribution in [0.1, 0.15) is 24.8 Å². The van der Waals surface area contributed by atoms with Crippen molar-refractivity contribution in [2.24, 2.45) is 5.84 Å². The molecule has 19 heavy (non-hydrogen) atoms. The summed E-state index contributed by atoms with van der Waals surface area (Å²) < 4.78 is 0. The molecule has 104 valence electrons. The second-order valence-corrected chi connectivity index (χ2v) is 5.62. The lowest BCUT2D eigenvalue weighted by Gasteiger charge is -2.23. The van der Waals surface area contributed by atoms with E-state index in [1.807, 2.05) is 12.3 Å². The van der Waals surface area contributed by atoms with Crippen molar-refractivity contribution >= 4 is 5.82 Å². The average molecular weight is 261 g/mol. The summed E-state index contributed by atoms with van der Waals surface area (Å²) in [5.41, 5.74) is 3.83. The maximum Gasteiger partial charge on any atom is 0.139 e. The molecule has 0 aromatic carbocycles. The molecule has 0 radical (unpaired) electrons. The van der Waals surface area contributed by atoms with Gasteiger partial charge in [0.05, 0.1) is 0 Å². The Kier molecular flexibility index (Phi) is 3.96. The van der Waals surface area contributed by atoms with Gasteiger partial charge in [-0.1, -0.05) is 6.07 Å². The largest absolute Gasteiger partial charge is 0.308 e. The molecule has 1 aromatic heterocycles. The van der Waals surface area contributed by atoms with Crippen molar-refractivity contribution in [3.63, 3.8) is 0 Å². The highest BCUT2D eigenvalue weighted by atomic mass is 15.3. The van der Waals surface area contributed by atoms with Crippen LogP contribution in [0.5, 0.6) is 0 Å². The fraction of sp³-hybridized carbons (Fsp3) is 0.643. The maximum atomic E-state index is 5.32. The third kappa shape index (κ3) is 3.05. The van der Waals surface area contributed by atoms with Gasteiger partial charge in [-0.05, 0) is 44.0 Å². The molecule has 3 rings (SSSR count). The summed E-state index contributed by atoms with van der Waals surface area (Å²) in [7, 11) is 0. The summed E-state index contributed by atoms with van der Waals surface area (Å²) in [4.78, 5) is 9.47. The molecule has 2 fully saturated rings. The molecule has 0 saturated carbocycles. The van der Waals surface area contributed by atoms with Crippen molar-refractivity contribution < 1.29 is 0 Å². The van der Waals surface area contributed by atoms with Gasteiger partial charge in [-0.15, -0.1) is 0 Å². The summed E-state index contributed by atoms with van der Waals surface area (Å²) in [5, 5.41) is 0. The molecule has 0 aliphatic carbocycles. The van der Waals surface area contributed by atoms with Crippen molar-refractivity contribution in [3.05, 3.63) is 23.9 Å². The van der Waals surface area contributed by atoms with E-state index in [1.165, 1.54) is 51.0 Å². The second-order valence-electron chi connectivity index (χ2n) is 5.62. The van der Waals surface area contributed by atoms with Gasteiger partial charge >= 0.3 is 0 Å². The number of nitrogens with zero attached hydrogens (tertiary/aromatic N) is 3. The first-order chi connectivity index (χ1) is 9.35. The van der Waals surface area contributed by atoms with E-state index in [4.69, 9.17) is 5.84 Å². The number of nitrogens with two attached hydrogens (primary N) is 1. The third-order valence-corrected chi connectivity index (χ3v) is 4.28. The van der Waals surface area contributed by atoms with E-state index >= 15 is 0 Å². The lowest BCUT2D eigenvalue weighted by molar-refractivity contribution is 0.230. The zero-order chi connectivity index (χ0) is 13.1. The van der Waals surface area contributed by atoms with E-state index < -0.39 is 0 Å². The highest BCUT2D eigenvalue weighted by Crippen LogP contribution is 2.21. The number of nitrogens with one attached hydrogen (secondary N) is 1. The van der Waals surface area contributed by atoms with E-state index in [1.54, 1.807) is 0 Å². The van der Waals surface area contributed by atoms with Gasteiger partial charge in [0.15, 0.2) is 0 Å². The Morgan fingerprint density at radius 2 is 2.11 bits per heavy atom. The van der Waals surface area contributed by atoms with Crippen LogP contribution in [0.2, 0.25) is 0 Å². The monoisotopic (exact) mass is 261 g/mol. The van der Waals surface area contributed by atoms with Crippen molar-refractivity contribution in [1.82, 2.24) is 14.8 Å². The Bertz CT molecular complexity index is 399. The van der Waals surface area contributed by atoms with Crippen LogP contribution in [0, 0.1) is 0 Å². The van der Waals surface area contributed by atoms with Crippen LogP contribution in [0.4, 0.5) is 5.82 Å². The Morgan fingerprint density at radius 3 is 2.79 bits per heavy atom. The summed E-state index contributed by atoms with van der Waals surface area (Å²) >= 11 is 0. The highest BCUT2D eigenvalue weighted by molar-refractivity contribution is 5.33. The fourth-order valence-electron chi connectivity index (χ4n) is 3.22. The second kappa shape index (κ2) is 5.86. The molecule has 2 saturated heterocycles. The minimum absolute atomic E-state index is 0.722. The van der Waals surface area contributed by atoms with Crippen LogP contribution in [-0.4, -0.2) is 47.0 Å². The maximum absolute atomic E-state index is 5.32. The first kappa shape index (κ1) is 12.8. The summed E-state index contributed by atoms with van der Waals surface area (Å²) in [6.45, 7) is 6.02. The number of pyridine rings is 1. The van der Waals surface area contributed by atoms with Gasteiger partial charge in [-0.2, -0.15) is 0 Å². The van der Waals surface area contributed by atoms with Gasteiger partial charge in [-0.25, -0.2) is 10.8 Å². The lowest BCUT2D eigenvalue weighted by atomic mass is 10.2. The van der Waals surface area contributed by atoms with Crippen molar-refractivity contribution in [3.8, 4) is 0 Å². The lowest BCUT2D eigenvalue weighted by Crippen LogP contribution is -2.35. The van der Waals surface area contributed by atoms with E-state index in [-0.39, 0.29) is 0 Å². The van der Waals surface area contributed by atoms with Gasteiger partial charge in [0, 0.05) is 31.9 Å². The molecule has 0 amide bonds. The van der Waals surface area contributed by atoms with E-state index in [0.29, 0.717) is 0 Å². The minimum atomic E-state index is 0.722. The number of aromatic nitrogens is 1. The number of nitrogen functional groups attached to an aromatic ring is 1. The Hall–Kier alpha value is -1.17. The third-order valence-electron chi connectivity index (χ3n) is 4.28. The number of hydrazine groups is 1. The predicted molar refractivity (Wildman–Crippen MR) is 76.5 cm³/mol. The number of rotatable bonds is 4. The van der Waals surface area contributed by atoms with Crippen LogP contribution in [0.3, 0.4) is 0 Å². The van der Waals surface area contributed by atoms with Crippen LogP contribution < -0.4 is 11.3 Å². The smallest absolute Gasteiger partial charge is 0.139 e. The number of hydrogen-bond donors (Lipinski definition) is 2. The predicted octanol–water partition coefficient (Wildman–Crippen LogP) is 1.04. The van der Waals surface area contributed by atoms with Crippen molar-refractivity contribution in [2.75, 3.05) is 31.6 Å². The molecule has 3 heterocycles. The molecule has 1 atom stereocenters. The van der Waals surface area contributed by atoms with Crippen LogP contribution >= 0.6 is 0 Å². The number of likely N-dealkylation sites (tertiary alicyclic amines) is 2. The summed E-state index contributed by atoms with van der Waals surface area (Å²) in [6, 6.07) is 4.81. The van der Waals surface area contributed by atoms with Gasteiger partial charge in [0.2, 0.25) is 0 Å². The molecule has 0 spiro atoms. The first-order valence-electron chi connectivity index (χ1n) is 7.23. The molecule has 0 bridgehead atoms. The molecule has 2 aliphatic heterocycles. The normalized spacial score (nSPS) is 25.0. The fourth-order valence-corrected chi connectivity index (χ4v) is 3.22. The molecule has 2 aliphatic rings. The Labute approximate surface area is 114 Å². The number of hydrogen-bond acceptors (Lipinski definition) is 5. The van der Waals surface area contributed by atoms with Gasteiger partial charge in [0.1, 0.15) is 5.82 Å². The van der Waals surface area contributed by atoms with Crippen LogP contribution in [-0.2, 0) is 6.54 Å².